The van der Waals surface area contributed by atoms with E-state index in [0.29, 0.717) is 18.4 Å². The van der Waals surface area contributed by atoms with Gasteiger partial charge < -0.3 is 9.64 Å². The van der Waals surface area contributed by atoms with Crippen molar-refractivity contribution in [1.82, 2.24) is 10.2 Å². The molecule has 0 spiro atoms. The molecule has 2 aliphatic rings. The minimum absolute atomic E-state index is 0.0284. The van der Waals surface area contributed by atoms with E-state index in [2.05, 4.69) is 37.9 Å². The smallest absolute Gasteiger partial charge is 0.241 e. The minimum atomic E-state index is -0.0284. The summed E-state index contributed by atoms with van der Waals surface area (Å²) in [6.07, 6.45) is 2.30. The number of carbonyl (C=O) groups excluding carboxylic acids is 1. The maximum absolute atomic E-state index is 12.6. The van der Waals surface area contributed by atoms with E-state index in [0.717, 1.165) is 19.4 Å². The van der Waals surface area contributed by atoms with Crippen LogP contribution in [0.15, 0.2) is 0 Å². The summed E-state index contributed by atoms with van der Waals surface area (Å²) in [6, 6.07) is 0.231. The SMILES string of the molecule is CC(C)C1NC(C(C)C)N(C2CCCOC2)C1=O. The van der Waals surface area contributed by atoms with Crippen LogP contribution in [0.5, 0.6) is 0 Å². The molecule has 2 heterocycles. The van der Waals surface area contributed by atoms with Gasteiger partial charge in [-0.1, -0.05) is 27.7 Å². The van der Waals surface area contributed by atoms with Gasteiger partial charge in [0.05, 0.1) is 24.9 Å². The zero-order valence-corrected chi connectivity index (χ0v) is 12.0. The van der Waals surface area contributed by atoms with Crippen LogP contribution in [0.1, 0.15) is 40.5 Å². The topological polar surface area (TPSA) is 41.6 Å². The number of hydrogen-bond acceptors (Lipinski definition) is 3. The van der Waals surface area contributed by atoms with Crippen LogP contribution in [0.3, 0.4) is 0 Å². The quantitative estimate of drug-likeness (QED) is 0.832. The molecule has 1 N–H and O–H groups in total. The Kier molecular flexibility index (Phi) is 4.28. The molecule has 4 nitrogen and oxygen atoms in total. The van der Waals surface area contributed by atoms with Crippen molar-refractivity contribution >= 4 is 5.91 Å². The number of ether oxygens (including phenoxy) is 1. The second-order valence-corrected chi connectivity index (χ2v) is 6.19. The highest BCUT2D eigenvalue weighted by molar-refractivity contribution is 5.85. The third-order valence-corrected chi connectivity index (χ3v) is 4.00. The van der Waals surface area contributed by atoms with Gasteiger partial charge in [-0.05, 0) is 24.7 Å². The van der Waals surface area contributed by atoms with Gasteiger partial charge in [-0.3, -0.25) is 10.1 Å². The first-order chi connectivity index (χ1) is 8.52. The summed E-state index contributed by atoms with van der Waals surface area (Å²) in [5.41, 5.74) is 0. The van der Waals surface area contributed by atoms with Gasteiger partial charge in [0.1, 0.15) is 0 Å². The molecule has 1 amide bonds. The van der Waals surface area contributed by atoms with E-state index in [-0.39, 0.29) is 24.2 Å². The lowest BCUT2D eigenvalue weighted by Gasteiger charge is -2.36. The molecule has 0 aromatic carbocycles. The van der Waals surface area contributed by atoms with Crippen LogP contribution in [-0.4, -0.2) is 42.3 Å². The molecular formula is C14H26N2O2. The van der Waals surface area contributed by atoms with Crippen molar-refractivity contribution in [2.75, 3.05) is 13.2 Å². The van der Waals surface area contributed by atoms with Gasteiger partial charge in [-0.15, -0.1) is 0 Å². The van der Waals surface area contributed by atoms with Crippen molar-refractivity contribution in [2.45, 2.75) is 58.8 Å². The van der Waals surface area contributed by atoms with Crippen LogP contribution in [0.25, 0.3) is 0 Å². The first kappa shape index (κ1) is 13.8. The molecule has 0 aromatic rings. The largest absolute Gasteiger partial charge is 0.379 e. The monoisotopic (exact) mass is 254 g/mol. The molecule has 2 rings (SSSR count). The molecule has 0 bridgehead atoms. The van der Waals surface area contributed by atoms with E-state index in [9.17, 15) is 4.79 Å². The fourth-order valence-corrected chi connectivity index (χ4v) is 2.97. The van der Waals surface area contributed by atoms with Crippen molar-refractivity contribution in [2.24, 2.45) is 11.8 Å². The van der Waals surface area contributed by atoms with E-state index in [1.165, 1.54) is 0 Å². The van der Waals surface area contributed by atoms with Gasteiger partial charge in [-0.2, -0.15) is 0 Å². The molecule has 0 aromatic heterocycles. The molecule has 18 heavy (non-hydrogen) atoms. The molecule has 0 aliphatic carbocycles. The molecule has 2 fully saturated rings. The van der Waals surface area contributed by atoms with E-state index in [4.69, 9.17) is 4.74 Å². The van der Waals surface area contributed by atoms with Crippen molar-refractivity contribution < 1.29 is 9.53 Å². The molecule has 3 atom stereocenters. The highest BCUT2D eigenvalue weighted by Gasteiger charge is 2.44. The van der Waals surface area contributed by atoms with Crippen molar-refractivity contribution in [3.8, 4) is 0 Å². The zero-order valence-electron chi connectivity index (χ0n) is 12.0. The summed E-state index contributed by atoms with van der Waals surface area (Å²) in [4.78, 5) is 14.6. The second-order valence-electron chi connectivity index (χ2n) is 6.19. The fourth-order valence-electron chi connectivity index (χ4n) is 2.97. The molecule has 0 radical (unpaired) electrons. The van der Waals surface area contributed by atoms with Gasteiger partial charge in [0, 0.05) is 6.61 Å². The van der Waals surface area contributed by atoms with Crippen molar-refractivity contribution in [3.63, 3.8) is 0 Å². The average molecular weight is 254 g/mol. The number of hydrogen-bond donors (Lipinski definition) is 1. The lowest BCUT2D eigenvalue weighted by Crippen LogP contribution is -2.50. The third kappa shape index (κ3) is 2.54. The van der Waals surface area contributed by atoms with Gasteiger partial charge in [-0.25, -0.2) is 0 Å². The number of nitrogens with zero attached hydrogens (tertiary/aromatic N) is 1. The first-order valence-electron chi connectivity index (χ1n) is 7.18. The molecule has 104 valence electrons. The van der Waals surface area contributed by atoms with Crippen LogP contribution in [0.4, 0.5) is 0 Å². The summed E-state index contributed by atoms with van der Waals surface area (Å²) in [7, 11) is 0. The number of carbonyl (C=O) groups is 1. The van der Waals surface area contributed by atoms with E-state index >= 15 is 0 Å². The van der Waals surface area contributed by atoms with Gasteiger partial charge in [0.25, 0.3) is 0 Å². The molecule has 2 saturated heterocycles. The Hall–Kier alpha value is -0.610. The van der Waals surface area contributed by atoms with Crippen LogP contribution in [0.2, 0.25) is 0 Å². The third-order valence-electron chi connectivity index (χ3n) is 4.00. The Balaban J connectivity index is 2.15. The molecular weight excluding hydrogens is 228 g/mol. The standard InChI is InChI=1S/C14H26N2O2/c1-9(2)12-14(17)16(13(15-12)10(3)4)11-6-5-7-18-8-11/h9-13,15H,5-8H2,1-4H3. The highest BCUT2D eigenvalue weighted by atomic mass is 16.5. The number of nitrogens with one attached hydrogen (secondary N) is 1. The van der Waals surface area contributed by atoms with Crippen molar-refractivity contribution in [1.29, 1.82) is 0 Å². The summed E-state index contributed by atoms with van der Waals surface area (Å²) in [5.74, 6) is 1.03. The molecule has 3 unspecified atom stereocenters. The maximum Gasteiger partial charge on any atom is 0.241 e. The summed E-state index contributed by atoms with van der Waals surface area (Å²) >= 11 is 0. The lowest BCUT2D eigenvalue weighted by atomic mass is 10.0. The van der Waals surface area contributed by atoms with Crippen LogP contribution >= 0.6 is 0 Å². The summed E-state index contributed by atoms with van der Waals surface area (Å²) in [6.45, 7) is 10.1. The van der Waals surface area contributed by atoms with Crippen LogP contribution in [0, 0.1) is 11.8 Å². The molecule has 4 heteroatoms. The van der Waals surface area contributed by atoms with E-state index < -0.39 is 0 Å². The normalized spacial score (nSPS) is 33.8. The van der Waals surface area contributed by atoms with Crippen LogP contribution < -0.4 is 5.32 Å². The molecule has 2 aliphatic heterocycles. The highest BCUT2D eigenvalue weighted by Crippen LogP contribution is 2.27. The Bertz CT molecular complexity index is 298. The van der Waals surface area contributed by atoms with Gasteiger partial charge >= 0.3 is 0 Å². The Labute approximate surface area is 110 Å². The second kappa shape index (κ2) is 5.57. The first-order valence-corrected chi connectivity index (χ1v) is 7.18. The van der Waals surface area contributed by atoms with E-state index in [1.54, 1.807) is 0 Å². The lowest BCUT2D eigenvalue weighted by molar-refractivity contribution is -0.136. The van der Waals surface area contributed by atoms with Gasteiger partial charge in [0.15, 0.2) is 0 Å². The summed E-state index contributed by atoms with van der Waals surface area (Å²) < 4.78 is 5.54. The number of rotatable bonds is 3. The summed E-state index contributed by atoms with van der Waals surface area (Å²) in [5, 5.41) is 3.51. The Morgan fingerprint density at radius 2 is 2.00 bits per heavy atom. The Morgan fingerprint density at radius 3 is 2.50 bits per heavy atom. The maximum atomic E-state index is 12.6. The fraction of sp³-hybridized carbons (Fsp3) is 0.929. The average Bonchev–Trinajstić information content (AvgIpc) is 2.68. The van der Waals surface area contributed by atoms with Crippen LogP contribution in [-0.2, 0) is 9.53 Å². The predicted octanol–water partition coefficient (Wildman–Crippen LogP) is 1.60. The molecule has 0 saturated carbocycles. The number of amides is 1. The zero-order chi connectivity index (χ0) is 13.3. The van der Waals surface area contributed by atoms with E-state index in [1.807, 2.05) is 0 Å². The van der Waals surface area contributed by atoms with Crippen molar-refractivity contribution in [3.05, 3.63) is 0 Å². The predicted molar refractivity (Wildman–Crippen MR) is 71.1 cm³/mol. The van der Waals surface area contributed by atoms with Gasteiger partial charge in [0.2, 0.25) is 5.91 Å². The Morgan fingerprint density at radius 1 is 1.28 bits per heavy atom. The minimum Gasteiger partial charge on any atom is -0.379 e.